The first-order chi connectivity index (χ1) is 14.6. The Kier molecular flexibility index (Phi) is 7.64. The molecule has 1 aliphatic rings. The number of carbonyl (C=O) groups is 1. The number of methoxy groups -OCH3 is 2. The van der Waals surface area contributed by atoms with Crippen LogP contribution in [0.5, 0.6) is 17.2 Å². The molecule has 0 spiro atoms. The Morgan fingerprint density at radius 1 is 1.10 bits per heavy atom. The molecule has 30 heavy (non-hydrogen) atoms. The number of phenols is 1. The smallest absolute Gasteiger partial charge is 0.254 e. The van der Waals surface area contributed by atoms with Gasteiger partial charge in [-0.3, -0.25) is 14.6 Å². The van der Waals surface area contributed by atoms with Crippen LogP contribution in [0.25, 0.3) is 0 Å². The third kappa shape index (κ3) is 5.95. The van der Waals surface area contributed by atoms with Crippen molar-refractivity contribution < 1.29 is 19.4 Å². The van der Waals surface area contributed by atoms with Gasteiger partial charge in [-0.25, -0.2) is 5.43 Å². The largest absolute Gasteiger partial charge is 0.507 e. The summed E-state index contributed by atoms with van der Waals surface area (Å²) < 4.78 is 10.8. The summed E-state index contributed by atoms with van der Waals surface area (Å²) in [5.41, 5.74) is 4.16. The van der Waals surface area contributed by atoms with E-state index in [4.69, 9.17) is 9.47 Å². The van der Waals surface area contributed by atoms with Crippen LogP contribution in [0.4, 0.5) is 0 Å². The van der Waals surface area contributed by atoms with Crippen molar-refractivity contribution in [2.24, 2.45) is 5.10 Å². The number of benzene rings is 2. The number of rotatable bonds is 8. The van der Waals surface area contributed by atoms with Crippen molar-refractivity contribution in [3.63, 3.8) is 0 Å². The summed E-state index contributed by atoms with van der Waals surface area (Å²) in [6.45, 7) is 4.36. The first-order valence-corrected chi connectivity index (χ1v) is 9.84. The number of ether oxygens (including phenoxy) is 2. The number of nitrogens with zero attached hydrogens (tertiary/aromatic N) is 3. The van der Waals surface area contributed by atoms with Crippen molar-refractivity contribution in [2.45, 2.75) is 6.54 Å². The summed E-state index contributed by atoms with van der Waals surface area (Å²) in [5, 5.41) is 13.6. The fourth-order valence-electron chi connectivity index (χ4n) is 3.36. The number of hydrogen-bond donors (Lipinski definition) is 2. The normalized spacial score (nSPS) is 15.3. The van der Waals surface area contributed by atoms with Gasteiger partial charge < -0.3 is 14.6 Å². The Morgan fingerprint density at radius 3 is 2.53 bits per heavy atom. The molecule has 1 heterocycles. The Bertz CT molecular complexity index is 879. The molecule has 0 saturated carbocycles. The molecule has 2 N–H and O–H groups in total. The average molecular weight is 412 g/mol. The predicted molar refractivity (Wildman–Crippen MR) is 115 cm³/mol. The van der Waals surface area contributed by atoms with Crippen LogP contribution in [0.2, 0.25) is 0 Å². The summed E-state index contributed by atoms with van der Waals surface area (Å²) >= 11 is 0. The van der Waals surface area contributed by atoms with E-state index in [1.807, 2.05) is 18.2 Å². The number of piperazine rings is 1. The van der Waals surface area contributed by atoms with Gasteiger partial charge in [0.1, 0.15) is 17.2 Å². The van der Waals surface area contributed by atoms with Gasteiger partial charge in [0.25, 0.3) is 5.91 Å². The number of carbonyl (C=O) groups excluding carboxylic acids is 1. The van der Waals surface area contributed by atoms with Crippen molar-refractivity contribution in [1.29, 1.82) is 0 Å². The van der Waals surface area contributed by atoms with Gasteiger partial charge >= 0.3 is 0 Å². The molecule has 2 aromatic carbocycles. The molecule has 2 aromatic rings. The zero-order valence-corrected chi connectivity index (χ0v) is 17.4. The highest BCUT2D eigenvalue weighted by molar-refractivity contribution is 5.85. The van der Waals surface area contributed by atoms with Gasteiger partial charge in [0.15, 0.2) is 0 Å². The van der Waals surface area contributed by atoms with E-state index in [1.165, 1.54) is 6.21 Å². The second kappa shape index (κ2) is 10.6. The maximum atomic E-state index is 12.1. The monoisotopic (exact) mass is 412 g/mol. The molecule has 0 radical (unpaired) electrons. The molecule has 1 aliphatic heterocycles. The second-order valence-electron chi connectivity index (χ2n) is 7.08. The van der Waals surface area contributed by atoms with E-state index in [1.54, 1.807) is 38.5 Å². The lowest BCUT2D eigenvalue weighted by atomic mass is 10.1. The number of aromatic hydroxyl groups is 1. The Hall–Kier alpha value is -3.10. The van der Waals surface area contributed by atoms with Gasteiger partial charge in [-0.1, -0.05) is 12.1 Å². The number of para-hydroxylation sites is 1. The predicted octanol–water partition coefficient (Wildman–Crippen LogP) is 1.68. The van der Waals surface area contributed by atoms with Gasteiger partial charge in [0, 0.05) is 43.9 Å². The third-order valence-electron chi connectivity index (χ3n) is 5.04. The number of nitrogens with one attached hydrogen (secondary N) is 1. The van der Waals surface area contributed by atoms with Crippen molar-refractivity contribution in [1.82, 2.24) is 15.2 Å². The minimum absolute atomic E-state index is 0.124. The molecule has 160 valence electrons. The van der Waals surface area contributed by atoms with E-state index < -0.39 is 0 Å². The standard InChI is InChI=1S/C22H28N4O4/c1-29-19-7-8-21(30-2)18(13-19)15-25-9-11-26(12-10-25)16-22(28)24-23-14-17-5-3-4-6-20(17)27/h3-8,13-14,27H,9-12,15-16H2,1-2H3,(H,24,28). The van der Waals surface area contributed by atoms with Gasteiger partial charge in [-0.05, 0) is 30.3 Å². The quantitative estimate of drug-likeness (QED) is 0.507. The maximum Gasteiger partial charge on any atom is 0.254 e. The van der Waals surface area contributed by atoms with Gasteiger partial charge in [0.05, 0.1) is 27.0 Å². The Morgan fingerprint density at radius 2 is 1.83 bits per heavy atom. The van der Waals surface area contributed by atoms with Gasteiger partial charge in [-0.15, -0.1) is 0 Å². The zero-order valence-electron chi connectivity index (χ0n) is 17.4. The number of phenolic OH excluding ortho intramolecular Hbond substituents is 1. The molecule has 1 amide bonds. The van der Waals surface area contributed by atoms with E-state index >= 15 is 0 Å². The molecule has 1 fully saturated rings. The SMILES string of the molecule is COc1ccc(OC)c(CN2CCN(CC(=O)NN=Cc3ccccc3O)CC2)c1. The topological polar surface area (TPSA) is 86.6 Å². The maximum absolute atomic E-state index is 12.1. The molecular weight excluding hydrogens is 384 g/mol. The van der Waals surface area contributed by atoms with Crippen molar-refractivity contribution >= 4 is 12.1 Å². The number of hydrogen-bond acceptors (Lipinski definition) is 7. The van der Waals surface area contributed by atoms with Crippen LogP contribution in [-0.2, 0) is 11.3 Å². The molecule has 0 bridgehead atoms. The van der Waals surface area contributed by atoms with E-state index in [-0.39, 0.29) is 18.2 Å². The zero-order chi connectivity index (χ0) is 21.3. The molecular formula is C22H28N4O4. The van der Waals surface area contributed by atoms with Crippen LogP contribution in [0, 0.1) is 0 Å². The molecule has 0 unspecified atom stereocenters. The molecule has 3 rings (SSSR count). The lowest BCUT2D eigenvalue weighted by molar-refractivity contribution is -0.122. The minimum atomic E-state index is -0.176. The Labute approximate surface area is 176 Å². The number of amides is 1. The van der Waals surface area contributed by atoms with Crippen molar-refractivity contribution in [3.8, 4) is 17.2 Å². The summed E-state index contributed by atoms with van der Waals surface area (Å²) in [6.07, 6.45) is 1.44. The fraction of sp³-hybridized carbons (Fsp3) is 0.364. The van der Waals surface area contributed by atoms with Crippen LogP contribution < -0.4 is 14.9 Å². The summed E-state index contributed by atoms with van der Waals surface area (Å²) in [4.78, 5) is 16.6. The fourth-order valence-corrected chi connectivity index (χ4v) is 3.36. The lowest BCUT2D eigenvalue weighted by Crippen LogP contribution is -2.48. The average Bonchev–Trinajstić information content (AvgIpc) is 2.76. The molecule has 8 nitrogen and oxygen atoms in total. The van der Waals surface area contributed by atoms with Crippen LogP contribution in [0.1, 0.15) is 11.1 Å². The van der Waals surface area contributed by atoms with Crippen LogP contribution >= 0.6 is 0 Å². The Balaban J connectivity index is 1.44. The first-order valence-electron chi connectivity index (χ1n) is 9.84. The number of hydrazone groups is 1. The van der Waals surface area contributed by atoms with E-state index in [0.29, 0.717) is 5.56 Å². The van der Waals surface area contributed by atoms with Crippen molar-refractivity contribution in [3.05, 3.63) is 53.6 Å². The van der Waals surface area contributed by atoms with Crippen LogP contribution in [0.3, 0.4) is 0 Å². The molecule has 8 heteroatoms. The first kappa shape index (κ1) is 21.6. The molecule has 1 saturated heterocycles. The summed E-state index contributed by atoms with van der Waals surface area (Å²) in [7, 11) is 3.32. The highest BCUT2D eigenvalue weighted by atomic mass is 16.5. The molecule has 0 atom stereocenters. The van der Waals surface area contributed by atoms with E-state index in [9.17, 15) is 9.90 Å². The minimum Gasteiger partial charge on any atom is -0.507 e. The highest BCUT2D eigenvalue weighted by Crippen LogP contribution is 2.25. The van der Waals surface area contributed by atoms with Crippen molar-refractivity contribution in [2.75, 3.05) is 46.9 Å². The van der Waals surface area contributed by atoms with E-state index in [0.717, 1.165) is 49.8 Å². The second-order valence-corrected chi connectivity index (χ2v) is 7.08. The van der Waals surface area contributed by atoms with Gasteiger partial charge in [-0.2, -0.15) is 5.10 Å². The third-order valence-corrected chi connectivity index (χ3v) is 5.04. The van der Waals surface area contributed by atoms with Gasteiger partial charge in [0.2, 0.25) is 0 Å². The lowest BCUT2D eigenvalue weighted by Gasteiger charge is -2.34. The van der Waals surface area contributed by atoms with E-state index in [2.05, 4.69) is 20.3 Å². The summed E-state index contributed by atoms with van der Waals surface area (Å²) in [5.74, 6) is 1.61. The van der Waals surface area contributed by atoms with Crippen LogP contribution in [0.15, 0.2) is 47.6 Å². The highest BCUT2D eigenvalue weighted by Gasteiger charge is 2.20. The molecule has 0 aromatic heterocycles. The van der Waals surface area contributed by atoms with Crippen LogP contribution in [-0.4, -0.2) is 74.0 Å². The molecule has 0 aliphatic carbocycles. The summed E-state index contributed by atoms with van der Waals surface area (Å²) in [6, 6.07) is 12.6.